The molecule has 116 valence electrons. The number of piperidine rings is 1. The summed E-state index contributed by atoms with van der Waals surface area (Å²) >= 11 is 0. The summed E-state index contributed by atoms with van der Waals surface area (Å²) in [5, 5.41) is 11.7. The highest BCUT2D eigenvalue weighted by Gasteiger charge is 2.31. The van der Waals surface area contributed by atoms with Crippen LogP contribution in [-0.2, 0) is 4.79 Å². The first kappa shape index (κ1) is 16.8. The minimum Gasteiger partial charge on any atom is -0.481 e. The van der Waals surface area contributed by atoms with Gasteiger partial charge >= 0.3 is 12.0 Å². The molecule has 4 unspecified atom stereocenters. The van der Waals surface area contributed by atoms with E-state index in [9.17, 15) is 9.59 Å². The van der Waals surface area contributed by atoms with Crippen molar-refractivity contribution in [2.45, 2.75) is 53.0 Å². The molecule has 5 nitrogen and oxygen atoms in total. The molecule has 0 aromatic rings. The molecule has 2 amide bonds. The van der Waals surface area contributed by atoms with Crippen molar-refractivity contribution in [3.05, 3.63) is 0 Å². The predicted molar refractivity (Wildman–Crippen MR) is 78.5 cm³/mol. The Kier molecular flexibility index (Phi) is 6.30. The molecule has 1 rings (SSSR count). The zero-order valence-electron chi connectivity index (χ0n) is 13.1. The molecule has 0 saturated carbocycles. The second kappa shape index (κ2) is 7.50. The molecular formula is C15H28N2O3. The molecule has 0 spiro atoms. The van der Waals surface area contributed by atoms with Crippen LogP contribution in [0.5, 0.6) is 0 Å². The van der Waals surface area contributed by atoms with Crippen molar-refractivity contribution >= 4 is 12.0 Å². The Bertz CT molecular complexity index is 346. The fourth-order valence-corrected chi connectivity index (χ4v) is 2.81. The van der Waals surface area contributed by atoms with Crippen LogP contribution in [0.25, 0.3) is 0 Å². The first-order chi connectivity index (χ1) is 9.32. The zero-order valence-corrected chi connectivity index (χ0v) is 13.1. The number of nitrogens with zero attached hydrogens (tertiary/aromatic N) is 1. The van der Waals surface area contributed by atoms with Gasteiger partial charge in [-0.3, -0.25) is 4.79 Å². The van der Waals surface area contributed by atoms with Gasteiger partial charge in [0.1, 0.15) is 0 Å². The topological polar surface area (TPSA) is 69.6 Å². The van der Waals surface area contributed by atoms with Crippen LogP contribution in [0.4, 0.5) is 4.79 Å². The van der Waals surface area contributed by atoms with Crippen LogP contribution in [0.3, 0.4) is 0 Å². The van der Waals surface area contributed by atoms with Crippen molar-refractivity contribution in [3.8, 4) is 0 Å². The highest BCUT2D eigenvalue weighted by Crippen LogP contribution is 2.26. The summed E-state index contributed by atoms with van der Waals surface area (Å²) in [5.41, 5.74) is 0. The molecular weight excluding hydrogens is 256 g/mol. The summed E-state index contributed by atoms with van der Waals surface area (Å²) < 4.78 is 0. The van der Waals surface area contributed by atoms with Crippen molar-refractivity contribution in [3.63, 3.8) is 0 Å². The third-order valence-corrected chi connectivity index (χ3v) is 4.37. The Morgan fingerprint density at radius 2 is 2.00 bits per heavy atom. The molecule has 1 heterocycles. The number of carbonyl (C=O) groups excluding carboxylic acids is 1. The highest BCUT2D eigenvalue weighted by molar-refractivity contribution is 5.74. The van der Waals surface area contributed by atoms with Gasteiger partial charge in [0.25, 0.3) is 0 Å². The fraction of sp³-hybridized carbons (Fsp3) is 0.867. The molecule has 2 N–H and O–H groups in total. The van der Waals surface area contributed by atoms with Gasteiger partial charge in [-0.1, -0.05) is 20.8 Å². The smallest absolute Gasteiger partial charge is 0.317 e. The average molecular weight is 284 g/mol. The molecule has 1 saturated heterocycles. The first-order valence-electron chi connectivity index (χ1n) is 7.60. The number of amides is 2. The molecule has 0 aromatic carbocycles. The van der Waals surface area contributed by atoms with Crippen LogP contribution in [-0.4, -0.2) is 41.1 Å². The quantitative estimate of drug-likeness (QED) is 0.762. The van der Waals surface area contributed by atoms with E-state index >= 15 is 0 Å². The number of likely N-dealkylation sites (tertiary alicyclic amines) is 1. The lowest BCUT2D eigenvalue weighted by molar-refractivity contribution is -0.141. The lowest BCUT2D eigenvalue weighted by Gasteiger charge is -2.41. The van der Waals surface area contributed by atoms with E-state index in [4.69, 9.17) is 5.11 Å². The normalized spacial score (nSPS) is 28.0. The second-order valence-electron chi connectivity index (χ2n) is 6.32. The summed E-state index contributed by atoms with van der Waals surface area (Å²) in [6.07, 6.45) is 2.46. The van der Waals surface area contributed by atoms with E-state index in [1.165, 1.54) is 6.42 Å². The van der Waals surface area contributed by atoms with Crippen LogP contribution < -0.4 is 5.32 Å². The average Bonchev–Trinajstić information content (AvgIpc) is 2.38. The van der Waals surface area contributed by atoms with Gasteiger partial charge in [0.15, 0.2) is 0 Å². The molecule has 1 aliphatic heterocycles. The van der Waals surface area contributed by atoms with Crippen LogP contribution in [0.1, 0.15) is 47.0 Å². The van der Waals surface area contributed by atoms with Crippen LogP contribution in [0.2, 0.25) is 0 Å². The lowest BCUT2D eigenvalue weighted by Crippen LogP contribution is -2.52. The fourth-order valence-electron chi connectivity index (χ4n) is 2.81. The molecule has 20 heavy (non-hydrogen) atoms. The number of hydrogen-bond donors (Lipinski definition) is 2. The molecule has 1 aliphatic rings. The lowest BCUT2D eigenvalue weighted by atomic mass is 9.86. The van der Waals surface area contributed by atoms with Crippen LogP contribution >= 0.6 is 0 Å². The monoisotopic (exact) mass is 284 g/mol. The standard InChI is InChI=1S/C15H28N2O3/c1-10-8-12(3)13(4)17(9-10)15(20)16-7-5-6-11(2)14(18)19/h10-13H,5-9H2,1-4H3,(H,16,20)(H,18,19). The van der Waals surface area contributed by atoms with Gasteiger partial charge in [-0.25, -0.2) is 4.79 Å². The van der Waals surface area contributed by atoms with Crippen molar-refractivity contribution in [2.24, 2.45) is 17.8 Å². The molecule has 0 radical (unpaired) electrons. The highest BCUT2D eigenvalue weighted by atomic mass is 16.4. The second-order valence-corrected chi connectivity index (χ2v) is 6.32. The molecule has 5 heteroatoms. The maximum Gasteiger partial charge on any atom is 0.317 e. The third kappa shape index (κ3) is 4.69. The molecule has 0 bridgehead atoms. The van der Waals surface area contributed by atoms with Gasteiger partial charge in [0.2, 0.25) is 0 Å². The third-order valence-electron chi connectivity index (χ3n) is 4.37. The summed E-state index contributed by atoms with van der Waals surface area (Å²) in [5.74, 6) is -0.0556. The number of carboxylic acids is 1. The minimum atomic E-state index is -0.774. The summed E-state index contributed by atoms with van der Waals surface area (Å²) in [6, 6.07) is 0.253. The Morgan fingerprint density at radius 3 is 2.60 bits per heavy atom. The van der Waals surface area contributed by atoms with E-state index in [0.29, 0.717) is 31.2 Å². The zero-order chi connectivity index (χ0) is 15.3. The number of rotatable bonds is 5. The van der Waals surface area contributed by atoms with Crippen molar-refractivity contribution in [1.82, 2.24) is 10.2 Å². The van der Waals surface area contributed by atoms with E-state index in [1.54, 1.807) is 6.92 Å². The largest absolute Gasteiger partial charge is 0.481 e. The van der Waals surface area contributed by atoms with Crippen LogP contribution in [0, 0.1) is 17.8 Å². The van der Waals surface area contributed by atoms with E-state index in [1.807, 2.05) is 4.90 Å². The van der Waals surface area contributed by atoms with Gasteiger partial charge in [0.05, 0.1) is 5.92 Å². The number of nitrogens with one attached hydrogen (secondary N) is 1. The molecule has 1 fully saturated rings. The summed E-state index contributed by atoms with van der Waals surface area (Å²) in [7, 11) is 0. The molecule has 0 aromatic heterocycles. The molecule has 4 atom stereocenters. The number of hydrogen-bond acceptors (Lipinski definition) is 2. The van der Waals surface area contributed by atoms with Crippen molar-refractivity contribution in [1.29, 1.82) is 0 Å². The van der Waals surface area contributed by atoms with E-state index in [0.717, 1.165) is 6.54 Å². The summed E-state index contributed by atoms with van der Waals surface area (Å²) in [4.78, 5) is 24.8. The first-order valence-corrected chi connectivity index (χ1v) is 7.60. The van der Waals surface area contributed by atoms with Crippen LogP contribution in [0.15, 0.2) is 0 Å². The van der Waals surface area contributed by atoms with Gasteiger partial charge in [-0.15, -0.1) is 0 Å². The van der Waals surface area contributed by atoms with Gasteiger partial charge < -0.3 is 15.3 Å². The van der Waals surface area contributed by atoms with Gasteiger partial charge in [0, 0.05) is 19.1 Å². The Balaban J connectivity index is 2.33. The SMILES string of the molecule is CC1CC(C)C(C)N(C(=O)NCCCC(C)C(=O)O)C1. The number of carbonyl (C=O) groups is 2. The van der Waals surface area contributed by atoms with Gasteiger partial charge in [-0.05, 0) is 38.0 Å². The Labute approximate surface area is 121 Å². The van der Waals surface area contributed by atoms with E-state index in [2.05, 4.69) is 26.1 Å². The summed E-state index contributed by atoms with van der Waals surface area (Å²) in [6.45, 7) is 9.51. The van der Waals surface area contributed by atoms with E-state index < -0.39 is 5.97 Å². The van der Waals surface area contributed by atoms with Crippen molar-refractivity contribution < 1.29 is 14.7 Å². The number of aliphatic carboxylic acids is 1. The maximum atomic E-state index is 12.2. The van der Waals surface area contributed by atoms with E-state index in [-0.39, 0.29) is 18.0 Å². The minimum absolute atomic E-state index is 0.0149. The Morgan fingerprint density at radius 1 is 1.35 bits per heavy atom. The number of carboxylic acid groups (broad SMARTS) is 1. The Hall–Kier alpha value is -1.26. The number of urea groups is 1. The van der Waals surface area contributed by atoms with Gasteiger partial charge in [-0.2, -0.15) is 0 Å². The van der Waals surface area contributed by atoms with Crippen molar-refractivity contribution in [2.75, 3.05) is 13.1 Å². The maximum absolute atomic E-state index is 12.2. The predicted octanol–water partition coefficient (Wildman–Crippen LogP) is 2.56. The molecule has 0 aliphatic carbocycles.